The summed E-state index contributed by atoms with van der Waals surface area (Å²) in [5.74, 6) is 0.655. The topological polar surface area (TPSA) is 84.2 Å². The minimum atomic E-state index is -3.55. The maximum Gasteiger partial charge on any atom is 0.240 e. The van der Waals surface area contributed by atoms with E-state index < -0.39 is 10.0 Å². The summed E-state index contributed by atoms with van der Waals surface area (Å²) < 4.78 is 32.1. The van der Waals surface area contributed by atoms with Gasteiger partial charge in [0.1, 0.15) is 5.76 Å². The van der Waals surface area contributed by atoms with Crippen LogP contribution in [0.2, 0.25) is 0 Å². The number of aryl methyl sites for hydroxylation is 2. The highest BCUT2D eigenvalue weighted by atomic mass is 32.2. The maximum absolute atomic E-state index is 12.3. The molecule has 0 aliphatic carbocycles. The summed E-state index contributed by atoms with van der Waals surface area (Å²) in [6.07, 6.45) is 2.05. The van der Waals surface area contributed by atoms with E-state index in [1.165, 1.54) is 0 Å². The zero-order chi connectivity index (χ0) is 14.9. The normalized spacial score (nSPS) is 14.5. The SMILES string of the molecule is Cc1cc(CNS(=O)(=O)c2ccc3c(c2)NCCC3)no1. The average molecular weight is 307 g/mol. The second-order valence-electron chi connectivity index (χ2n) is 5.10. The Morgan fingerprint density at radius 3 is 3.00 bits per heavy atom. The van der Waals surface area contributed by atoms with Crippen LogP contribution < -0.4 is 10.0 Å². The number of hydrogen-bond donors (Lipinski definition) is 2. The van der Waals surface area contributed by atoms with Crippen LogP contribution in [0.5, 0.6) is 0 Å². The standard InChI is InChI=1S/C14H17N3O3S/c1-10-7-12(17-20-10)9-16-21(18,19)13-5-4-11-3-2-6-15-14(11)8-13/h4-5,7-8,15-16H,2-3,6,9H2,1H3. The zero-order valence-electron chi connectivity index (χ0n) is 11.7. The molecule has 0 saturated carbocycles. The zero-order valence-corrected chi connectivity index (χ0v) is 12.5. The fraction of sp³-hybridized carbons (Fsp3) is 0.357. The smallest absolute Gasteiger partial charge is 0.240 e. The Morgan fingerprint density at radius 2 is 2.24 bits per heavy atom. The summed E-state index contributed by atoms with van der Waals surface area (Å²) in [4.78, 5) is 0.260. The van der Waals surface area contributed by atoms with Crippen LogP contribution in [0, 0.1) is 6.92 Å². The lowest BCUT2D eigenvalue weighted by Gasteiger charge is -2.18. The Balaban J connectivity index is 1.78. The molecule has 6 nitrogen and oxygen atoms in total. The van der Waals surface area contributed by atoms with Crippen molar-refractivity contribution in [3.8, 4) is 0 Å². The molecule has 1 aromatic carbocycles. The molecule has 0 fully saturated rings. The number of anilines is 1. The van der Waals surface area contributed by atoms with Crippen LogP contribution >= 0.6 is 0 Å². The molecule has 2 N–H and O–H groups in total. The predicted molar refractivity (Wildman–Crippen MR) is 78.5 cm³/mol. The number of hydrogen-bond acceptors (Lipinski definition) is 5. The van der Waals surface area contributed by atoms with Gasteiger partial charge in [-0.15, -0.1) is 0 Å². The number of benzene rings is 1. The lowest BCUT2D eigenvalue weighted by atomic mass is 10.0. The van der Waals surface area contributed by atoms with E-state index in [2.05, 4.69) is 15.2 Å². The summed E-state index contributed by atoms with van der Waals surface area (Å²) in [7, 11) is -3.55. The Labute approximate surface area is 123 Å². The van der Waals surface area contributed by atoms with Crippen LogP contribution in [0.4, 0.5) is 5.69 Å². The van der Waals surface area contributed by atoms with Crippen molar-refractivity contribution in [2.75, 3.05) is 11.9 Å². The monoisotopic (exact) mass is 307 g/mol. The van der Waals surface area contributed by atoms with Gasteiger partial charge in [-0.1, -0.05) is 11.2 Å². The molecule has 21 heavy (non-hydrogen) atoms. The van der Waals surface area contributed by atoms with E-state index in [4.69, 9.17) is 4.52 Å². The Hall–Kier alpha value is -1.86. The fourth-order valence-corrected chi connectivity index (χ4v) is 3.39. The van der Waals surface area contributed by atoms with E-state index in [0.29, 0.717) is 11.5 Å². The minimum Gasteiger partial charge on any atom is -0.385 e. The Morgan fingerprint density at radius 1 is 1.38 bits per heavy atom. The Bertz CT molecular complexity index is 753. The van der Waals surface area contributed by atoms with Crippen molar-refractivity contribution in [3.63, 3.8) is 0 Å². The number of nitrogens with one attached hydrogen (secondary N) is 2. The van der Waals surface area contributed by atoms with Crippen LogP contribution in [0.3, 0.4) is 0 Å². The first-order chi connectivity index (χ1) is 10.0. The minimum absolute atomic E-state index is 0.115. The van der Waals surface area contributed by atoms with Crippen molar-refractivity contribution in [3.05, 3.63) is 41.3 Å². The van der Waals surface area contributed by atoms with Crippen LogP contribution in [0.25, 0.3) is 0 Å². The first-order valence-corrected chi connectivity index (χ1v) is 8.31. The van der Waals surface area contributed by atoms with Crippen molar-refractivity contribution in [2.45, 2.75) is 31.2 Å². The molecule has 0 radical (unpaired) electrons. The highest BCUT2D eigenvalue weighted by molar-refractivity contribution is 7.89. The lowest BCUT2D eigenvalue weighted by molar-refractivity contribution is 0.390. The van der Waals surface area contributed by atoms with Gasteiger partial charge in [0, 0.05) is 18.3 Å². The van der Waals surface area contributed by atoms with Crippen molar-refractivity contribution in [1.82, 2.24) is 9.88 Å². The molecule has 1 aliphatic heterocycles. The van der Waals surface area contributed by atoms with Crippen LogP contribution in [-0.2, 0) is 23.0 Å². The lowest BCUT2D eigenvalue weighted by Crippen LogP contribution is -2.24. The average Bonchev–Trinajstić information content (AvgIpc) is 2.90. The molecule has 3 rings (SSSR count). The van der Waals surface area contributed by atoms with E-state index in [-0.39, 0.29) is 11.4 Å². The summed E-state index contributed by atoms with van der Waals surface area (Å²) >= 11 is 0. The molecule has 0 bridgehead atoms. The summed E-state index contributed by atoms with van der Waals surface area (Å²) in [6.45, 7) is 2.76. The molecular weight excluding hydrogens is 290 g/mol. The van der Waals surface area contributed by atoms with Gasteiger partial charge in [-0.3, -0.25) is 0 Å². The van der Waals surface area contributed by atoms with E-state index in [1.54, 1.807) is 25.1 Å². The third-order valence-electron chi connectivity index (χ3n) is 3.45. The van der Waals surface area contributed by atoms with E-state index >= 15 is 0 Å². The number of fused-ring (bicyclic) bond motifs is 1. The second kappa shape index (κ2) is 5.50. The van der Waals surface area contributed by atoms with E-state index in [1.807, 2.05) is 6.07 Å². The van der Waals surface area contributed by atoms with Gasteiger partial charge < -0.3 is 9.84 Å². The molecule has 112 valence electrons. The first kappa shape index (κ1) is 14.1. The maximum atomic E-state index is 12.3. The quantitative estimate of drug-likeness (QED) is 0.900. The number of nitrogens with zero attached hydrogens (tertiary/aromatic N) is 1. The highest BCUT2D eigenvalue weighted by Gasteiger charge is 2.18. The van der Waals surface area contributed by atoms with Crippen molar-refractivity contribution < 1.29 is 12.9 Å². The van der Waals surface area contributed by atoms with Gasteiger partial charge in [0.25, 0.3) is 0 Å². The largest absolute Gasteiger partial charge is 0.385 e. The summed E-state index contributed by atoms with van der Waals surface area (Å²) in [6, 6.07) is 6.90. The number of sulfonamides is 1. The summed E-state index contributed by atoms with van der Waals surface area (Å²) in [5.41, 5.74) is 2.63. The molecule has 0 spiro atoms. The highest BCUT2D eigenvalue weighted by Crippen LogP contribution is 2.25. The molecule has 7 heteroatoms. The molecular formula is C14H17N3O3S. The van der Waals surface area contributed by atoms with Crippen molar-refractivity contribution in [1.29, 1.82) is 0 Å². The van der Waals surface area contributed by atoms with Crippen molar-refractivity contribution >= 4 is 15.7 Å². The molecule has 0 unspecified atom stereocenters. The van der Waals surface area contributed by atoms with Gasteiger partial charge in [-0.2, -0.15) is 0 Å². The number of aromatic nitrogens is 1. The third kappa shape index (κ3) is 3.08. The molecule has 0 atom stereocenters. The summed E-state index contributed by atoms with van der Waals surface area (Å²) in [5, 5.41) is 7.00. The van der Waals surface area contributed by atoms with Gasteiger partial charge in [0.15, 0.2) is 0 Å². The number of rotatable bonds is 4. The van der Waals surface area contributed by atoms with Gasteiger partial charge in [0.2, 0.25) is 10.0 Å². The molecule has 0 amide bonds. The molecule has 2 heterocycles. The molecule has 0 saturated heterocycles. The van der Waals surface area contributed by atoms with Crippen LogP contribution in [-0.4, -0.2) is 20.1 Å². The van der Waals surface area contributed by atoms with Gasteiger partial charge in [-0.25, -0.2) is 13.1 Å². The van der Waals surface area contributed by atoms with Crippen LogP contribution in [0.15, 0.2) is 33.7 Å². The van der Waals surface area contributed by atoms with Crippen molar-refractivity contribution in [2.24, 2.45) is 0 Å². The molecule has 1 aromatic heterocycles. The van der Waals surface area contributed by atoms with Gasteiger partial charge in [0.05, 0.1) is 17.1 Å². The fourth-order valence-electron chi connectivity index (χ4n) is 2.36. The van der Waals surface area contributed by atoms with E-state index in [9.17, 15) is 8.42 Å². The Kier molecular flexibility index (Phi) is 3.69. The second-order valence-corrected chi connectivity index (χ2v) is 6.87. The molecule has 1 aliphatic rings. The predicted octanol–water partition coefficient (Wildman–Crippen LogP) is 1.82. The molecule has 2 aromatic rings. The van der Waals surface area contributed by atoms with Crippen LogP contribution in [0.1, 0.15) is 23.4 Å². The van der Waals surface area contributed by atoms with Gasteiger partial charge >= 0.3 is 0 Å². The van der Waals surface area contributed by atoms with Gasteiger partial charge in [-0.05, 0) is 37.5 Å². The van der Waals surface area contributed by atoms with E-state index in [0.717, 1.165) is 30.6 Å². The third-order valence-corrected chi connectivity index (χ3v) is 4.85. The first-order valence-electron chi connectivity index (χ1n) is 6.83.